The third kappa shape index (κ3) is 0.945. The summed E-state index contributed by atoms with van der Waals surface area (Å²) in [7, 11) is 0. The van der Waals surface area contributed by atoms with Crippen LogP contribution in [0.2, 0.25) is 0 Å². The highest BCUT2D eigenvalue weighted by atomic mass is 16.5. The summed E-state index contributed by atoms with van der Waals surface area (Å²) < 4.78 is 5.38. The van der Waals surface area contributed by atoms with E-state index in [4.69, 9.17) is 4.74 Å². The van der Waals surface area contributed by atoms with E-state index in [0.717, 1.165) is 0 Å². The van der Waals surface area contributed by atoms with Gasteiger partial charge in [-0.05, 0) is 6.07 Å². The maximum atomic E-state index is 5.38. The fourth-order valence-electron chi connectivity index (χ4n) is 3.27. The normalized spacial score (nSPS) is 34.0. The molecule has 3 atom stereocenters. The molecule has 5 rings (SSSR count). The molecule has 5 nitrogen and oxygen atoms in total. The number of pyridine rings is 1. The number of ether oxygens (including phenoxy) is 1. The molecular formula is C13H12N4O. The number of rotatable bonds is 0. The average molecular weight is 240 g/mol. The van der Waals surface area contributed by atoms with Crippen molar-refractivity contribution in [3.05, 3.63) is 48.4 Å². The molecule has 1 saturated heterocycles. The number of nitrogens with zero attached hydrogens (tertiary/aromatic N) is 3. The van der Waals surface area contributed by atoms with Gasteiger partial charge in [0.1, 0.15) is 12.8 Å². The van der Waals surface area contributed by atoms with E-state index in [-0.39, 0.29) is 0 Å². The van der Waals surface area contributed by atoms with Crippen molar-refractivity contribution in [2.45, 2.75) is 18.2 Å². The number of hydrogen-bond donors (Lipinski definition) is 1. The van der Waals surface area contributed by atoms with Crippen LogP contribution in [-0.4, -0.2) is 28.7 Å². The van der Waals surface area contributed by atoms with Crippen molar-refractivity contribution in [1.82, 2.24) is 15.2 Å². The maximum Gasteiger partial charge on any atom is 0.129 e. The van der Waals surface area contributed by atoms with Crippen LogP contribution in [0, 0.1) is 0 Å². The van der Waals surface area contributed by atoms with Gasteiger partial charge in [0.2, 0.25) is 0 Å². The highest BCUT2D eigenvalue weighted by molar-refractivity contribution is 5.64. The fraction of sp³-hybridized carbons (Fsp3) is 0.308. The molecule has 90 valence electrons. The lowest BCUT2D eigenvalue weighted by molar-refractivity contribution is 0.202. The molecule has 1 fully saturated rings. The van der Waals surface area contributed by atoms with Gasteiger partial charge in [-0.3, -0.25) is 4.98 Å². The van der Waals surface area contributed by atoms with Crippen LogP contribution < -0.4 is 10.2 Å². The van der Waals surface area contributed by atoms with Gasteiger partial charge >= 0.3 is 0 Å². The molecule has 0 aromatic carbocycles. The first-order valence-corrected chi connectivity index (χ1v) is 6.19. The third-order valence-electron chi connectivity index (χ3n) is 4.12. The Balaban J connectivity index is 1.69. The van der Waals surface area contributed by atoms with Crippen LogP contribution in [-0.2, 0) is 4.74 Å². The zero-order valence-electron chi connectivity index (χ0n) is 9.65. The van der Waals surface area contributed by atoms with Gasteiger partial charge in [-0.25, -0.2) is 0 Å². The van der Waals surface area contributed by atoms with Crippen LogP contribution in [0.4, 0.5) is 5.69 Å². The Labute approximate surface area is 104 Å². The molecule has 4 aliphatic rings. The molecule has 18 heavy (non-hydrogen) atoms. The van der Waals surface area contributed by atoms with Crippen molar-refractivity contribution in [3.8, 4) is 0 Å². The lowest BCUT2D eigenvalue weighted by Crippen LogP contribution is -2.45. The monoisotopic (exact) mass is 240 g/mol. The van der Waals surface area contributed by atoms with Crippen LogP contribution in [0.3, 0.4) is 0 Å². The lowest BCUT2D eigenvalue weighted by atomic mass is 10.0. The van der Waals surface area contributed by atoms with Crippen molar-refractivity contribution in [2.24, 2.45) is 0 Å². The van der Waals surface area contributed by atoms with Gasteiger partial charge in [-0.15, -0.1) is 0 Å². The summed E-state index contributed by atoms with van der Waals surface area (Å²) >= 11 is 0. The van der Waals surface area contributed by atoms with Gasteiger partial charge in [-0.1, -0.05) is 0 Å². The third-order valence-corrected chi connectivity index (χ3v) is 4.12. The predicted molar refractivity (Wildman–Crippen MR) is 65.2 cm³/mol. The van der Waals surface area contributed by atoms with Crippen molar-refractivity contribution in [3.63, 3.8) is 0 Å². The van der Waals surface area contributed by atoms with Crippen LogP contribution >= 0.6 is 0 Å². The number of fused-ring (bicyclic) bond motifs is 8. The zero-order valence-corrected chi connectivity index (χ0v) is 9.65. The average Bonchev–Trinajstić information content (AvgIpc) is 3.13. The fourth-order valence-corrected chi connectivity index (χ4v) is 3.27. The highest BCUT2D eigenvalue weighted by Crippen LogP contribution is 2.49. The minimum atomic E-state index is 0.347. The van der Waals surface area contributed by atoms with Gasteiger partial charge in [0.25, 0.3) is 0 Å². The Kier molecular flexibility index (Phi) is 1.43. The number of hydrogen-bond acceptors (Lipinski definition) is 5. The molecule has 5 heterocycles. The molecule has 5 heteroatoms. The second-order valence-electron chi connectivity index (χ2n) is 5.05. The topological polar surface area (TPSA) is 50.5 Å². The van der Waals surface area contributed by atoms with Gasteiger partial charge in [0.15, 0.2) is 0 Å². The van der Waals surface area contributed by atoms with Crippen LogP contribution in [0.5, 0.6) is 0 Å². The Morgan fingerprint density at radius 1 is 1.39 bits per heavy atom. The van der Waals surface area contributed by atoms with E-state index >= 15 is 0 Å². The quantitative estimate of drug-likeness (QED) is 0.683. The highest BCUT2D eigenvalue weighted by Gasteiger charge is 2.55. The minimum absolute atomic E-state index is 0.347. The van der Waals surface area contributed by atoms with Crippen molar-refractivity contribution < 1.29 is 4.74 Å². The summed E-state index contributed by atoms with van der Waals surface area (Å²) in [5.74, 6) is 0. The summed E-state index contributed by atoms with van der Waals surface area (Å²) in [6, 6.07) is 3.04. The van der Waals surface area contributed by atoms with Gasteiger partial charge < -0.3 is 19.9 Å². The standard InChI is InChI=1S/C13H12N4O/c1-2-14-5-9-10(1)17-6-8-7-18-4-3-16(8)13(17)12-11(9)15-12/h1-6,11-13,15H,7H2. The summed E-state index contributed by atoms with van der Waals surface area (Å²) in [6.45, 7) is 0.654. The number of aromatic nitrogens is 1. The molecule has 0 aliphatic carbocycles. The van der Waals surface area contributed by atoms with E-state index in [1.165, 1.54) is 16.9 Å². The van der Waals surface area contributed by atoms with Gasteiger partial charge in [0, 0.05) is 30.4 Å². The molecule has 0 saturated carbocycles. The van der Waals surface area contributed by atoms with Crippen molar-refractivity contribution in [1.29, 1.82) is 0 Å². The van der Waals surface area contributed by atoms with Crippen LogP contribution in [0.25, 0.3) is 0 Å². The van der Waals surface area contributed by atoms with Crippen LogP contribution in [0.15, 0.2) is 42.8 Å². The van der Waals surface area contributed by atoms with Gasteiger partial charge in [0.05, 0.1) is 29.7 Å². The maximum absolute atomic E-state index is 5.38. The summed E-state index contributed by atoms with van der Waals surface area (Å²) in [5.41, 5.74) is 3.79. The van der Waals surface area contributed by atoms with Gasteiger partial charge in [-0.2, -0.15) is 0 Å². The number of nitrogens with one attached hydrogen (secondary N) is 1. The number of anilines is 1. The van der Waals surface area contributed by atoms with Crippen molar-refractivity contribution in [2.75, 3.05) is 11.5 Å². The molecule has 1 aromatic heterocycles. The first kappa shape index (κ1) is 8.99. The molecule has 0 spiro atoms. The Morgan fingerprint density at radius 2 is 2.39 bits per heavy atom. The van der Waals surface area contributed by atoms with E-state index in [1.54, 1.807) is 6.26 Å². The minimum Gasteiger partial charge on any atom is -0.493 e. The zero-order chi connectivity index (χ0) is 11.7. The van der Waals surface area contributed by atoms with E-state index in [9.17, 15) is 0 Å². The molecular weight excluding hydrogens is 228 g/mol. The van der Waals surface area contributed by atoms with E-state index in [1.807, 2.05) is 18.6 Å². The molecule has 0 bridgehead atoms. The van der Waals surface area contributed by atoms with Crippen LogP contribution in [0.1, 0.15) is 11.6 Å². The predicted octanol–water partition coefficient (Wildman–Crippen LogP) is 0.899. The first-order chi connectivity index (χ1) is 8.93. The second kappa shape index (κ2) is 2.87. The Bertz CT molecular complexity index is 596. The smallest absolute Gasteiger partial charge is 0.129 e. The second-order valence-corrected chi connectivity index (χ2v) is 5.05. The SMILES string of the molecule is C1=CN2C(=CN3c4ccncc4C4NC4C23)CO1. The first-order valence-electron chi connectivity index (χ1n) is 6.19. The molecule has 1 aromatic rings. The van der Waals surface area contributed by atoms with E-state index in [0.29, 0.717) is 24.9 Å². The van der Waals surface area contributed by atoms with E-state index in [2.05, 4.69) is 32.4 Å². The largest absolute Gasteiger partial charge is 0.493 e. The molecule has 0 amide bonds. The van der Waals surface area contributed by atoms with Crippen molar-refractivity contribution >= 4 is 5.69 Å². The summed E-state index contributed by atoms with van der Waals surface area (Å²) in [5, 5.41) is 3.56. The lowest BCUT2D eigenvalue weighted by Gasteiger charge is -2.35. The van der Waals surface area contributed by atoms with E-state index < -0.39 is 0 Å². The molecule has 4 aliphatic heterocycles. The Morgan fingerprint density at radius 3 is 3.39 bits per heavy atom. The Hall–Kier alpha value is -2.01. The molecule has 3 unspecified atom stereocenters. The molecule has 0 radical (unpaired) electrons. The molecule has 1 N–H and O–H groups in total. The summed E-state index contributed by atoms with van der Waals surface area (Å²) in [6.07, 6.45) is 10.2. The summed E-state index contributed by atoms with van der Waals surface area (Å²) in [4.78, 5) is 8.89.